The Morgan fingerprint density at radius 2 is 0.938 bits per heavy atom. The Hall–Kier alpha value is -7.70. The van der Waals surface area contributed by atoms with Crippen LogP contribution in [0.4, 0.5) is 0 Å². The summed E-state index contributed by atoms with van der Waals surface area (Å²) in [5, 5.41) is 0. The van der Waals surface area contributed by atoms with Crippen molar-refractivity contribution in [2.75, 3.05) is 40.6 Å². The average Bonchev–Trinajstić information content (AvgIpc) is 3.89. The zero-order chi connectivity index (χ0) is 45.9. The molecule has 0 saturated carbocycles. The highest BCUT2D eigenvalue weighted by Crippen LogP contribution is 2.36. The molecule has 0 aliphatic carbocycles. The molecule has 0 radical (unpaired) electrons. The van der Waals surface area contributed by atoms with E-state index in [1.165, 1.54) is 87.0 Å². The van der Waals surface area contributed by atoms with Crippen molar-refractivity contribution in [3.05, 3.63) is 120 Å². The second-order valence-electron chi connectivity index (χ2n) is 13.4. The van der Waals surface area contributed by atoms with Gasteiger partial charge in [-0.2, -0.15) is 0 Å². The van der Waals surface area contributed by atoms with Crippen LogP contribution in [0.25, 0.3) is 0 Å². The lowest BCUT2D eigenvalue weighted by atomic mass is 10.1. The monoisotopic (exact) mass is 882 g/mol. The van der Waals surface area contributed by atoms with Gasteiger partial charge in [0.15, 0.2) is 35.2 Å². The highest BCUT2D eigenvalue weighted by Gasteiger charge is 2.51. The minimum Gasteiger partial charge on any atom is -0.493 e. The number of hydrogen-bond donors (Lipinski definition) is 0. The summed E-state index contributed by atoms with van der Waals surface area (Å²) in [6, 6.07) is 16.4. The molecule has 2 aliphatic heterocycles. The number of carbonyl (C=O) groups is 6. The van der Waals surface area contributed by atoms with Crippen LogP contribution < -0.4 is 37.9 Å². The predicted molar refractivity (Wildman–Crippen MR) is 221 cm³/mol. The zero-order valence-corrected chi connectivity index (χ0v) is 35.0. The molecule has 2 aliphatic rings. The predicted octanol–water partition coefficient (Wildman–Crippen LogP) is 5.67. The van der Waals surface area contributed by atoms with Gasteiger partial charge in [0.1, 0.15) is 46.3 Å². The van der Waals surface area contributed by atoms with Gasteiger partial charge in [-0.15, -0.1) is 0 Å². The normalized spacial score (nSPS) is 17.1. The molecule has 4 atom stereocenters. The van der Waals surface area contributed by atoms with Crippen LogP contribution in [0.1, 0.15) is 55.3 Å². The first kappa shape index (κ1) is 45.8. The lowest BCUT2D eigenvalue weighted by molar-refractivity contribution is -0.129. The molecule has 4 aromatic rings. The van der Waals surface area contributed by atoms with Gasteiger partial charge in [-0.1, -0.05) is 13.2 Å². The first-order valence-corrected chi connectivity index (χ1v) is 19.6. The van der Waals surface area contributed by atoms with E-state index >= 15 is 0 Å². The van der Waals surface area contributed by atoms with Gasteiger partial charge in [-0.25, -0.2) is 28.8 Å². The van der Waals surface area contributed by atoms with Gasteiger partial charge in [0.05, 0.1) is 51.8 Å². The number of esters is 6. The molecule has 4 aromatic carbocycles. The fourth-order valence-electron chi connectivity index (χ4n) is 6.44. The van der Waals surface area contributed by atoms with E-state index in [2.05, 4.69) is 13.2 Å². The number of ether oxygens (including phenoxy) is 12. The number of hydrogen-bond acceptors (Lipinski definition) is 18. The fraction of sp³-hybridized carbons (Fsp3) is 0.261. The maximum Gasteiger partial charge on any atom is 0.347 e. The maximum atomic E-state index is 13.3. The summed E-state index contributed by atoms with van der Waals surface area (Å²) in [4.78, 5) is 76.4. The third-order valence-electron chi connectivity index (χ3n) is 9.40. The Morgan fingerprint density at radius 3 is 1.30 bits per heavy atom. The van der Waals surface area contributed by atoms with E-state index in [1.54, 1.807) is 13.8 Å². The molecule has 0 bridgehead atoms. The number of rotatable bonds is 18. The van der Waals surface area contributed by atoms with E-state index in [0.717, 1.165) is 12.2 Å². The Kier molecular flexibility index (Phi) is 15.0. The third-order valence-corrected chi connectivity index (χ3v) is 9.40. The van der Waals surface area contributed by atoms with Gasteiger partial charge in [-0.3, -0.25) is 0 Å². The number of fused-ring (bicyclic) bond motifs is 1. The lowest BCUT2D eigenvalue weighted by Crippen LogP contribution is -2.36. The minimum absolute atomic E-state index is 0.0108. The van der Waals surface area contributed by atoms with Gasteiger partial charge in [-0.05, 0) is 74.5 Å². The topological polar surface area (TPSA) is 213 Å². The Balaban J connectivity index is 1.05. The summed E-state index contributed by atoms with van der Waals surface area (Å²) in [7, 11) is 2.65. The van der Waals surface area contributed by atoms with Crippen molar-refractivity contribution in [1.82, 2.24) is 0 Å². The first-order valence-electron chi connectivity index (χ1n) is 19.6. The summed E-state index contributed by atoms with van der Waals surface area (Å²) in [5.41, 5.74) is 0.192. The van der Waals surface area contributed by atoms with Crippen molar-refractivity contribution < 1.29 is 85.6 Å². The van der Waals surface area contributed by atoms with E-state index in [9.17, 15) is 28.8 Å². The molecule has 18 heteroatoms. The van der Waals surface area contributed by atoms with E-state index < -0.39 is 60.2 Å². The fourth-order valence-corrected chi connectivity index (χ4v) is 6.44. The molecular formula is C46H42O18. The molecule has 6 rings (SSSR count). The van der Waals surface area contributed by atoms with Gasteiger partial charge < -0.3 is 56.8 Å². The molecular weight excluding hydrogens is 840 g/mol. The first-order chi connectivity index (χ1) is 30.9. The van der Waals surface area contributed by atoms with E-state index in [-0.39, 0.29) is 94.7 Å². The van der Waals surface area contributed by atoms with E-state index in [1.807, 2.05) is 0 Å². The van der Waals surface area contributed by atoms with Gasteiger partial charge in [0.25, 0.3) is 0 Å². The molecule has 334 valence electrons. The van der Waals surface area contributed by atoms with Crippen LogP contribution in [0.3, 0.4) is 0 Å². The number of carbonyl (C=O) groups excluding carboxylic acids is 6. The van der Waals surface area contributed by atoms with Crippen LogP contribution in [0.5, 0.6) is 46.0 Å². The molecule has 64 heavy (non-hydrogen) atoms. The van der Waals surface area contributed by atoms with Crippen molar-refractivity contribution >= 4 is 35.8 Å². The average molecular weight is 883 g/mol. The molecule has 0 N–H and O–H groups in total. The van der Waals surface area contributed by atoms with E-state index in [4.69, 9.17) is 56.8 Å². The summed E-state index contributed by atoms with van der Waals surface area (Å²) in [5.74, 6) is -3.99. The number of benzene rings is 4. The molecule has 0 aromatic heterocycles. The highest BCUT2D eigenvalue weighted by molar-refractivity contribution is 5.97. The standard InChI is InChI=1S/C46H42O18/c1-7-39(47)59-27-13-15-29(33(21-27)55-9-3)45(51)61-31-17-11-25(19-35(31)53-5)43(49)63-37-23-57-42-38(24-58-41(37)42)64-44(50)26-12-18-32(36(20-26)54-6)62-46(52)30-16-14-28(60-40(48)8-2)22-34(30)56-10-4/h7-8,11-22,37-38,41-42H,1-2,9-10,23-24H2,3-6H3/t37-,38+,41-,42-/m1/s1. The van der Waals surface area contributed by atoms with Gasteiger partial charge in [0, 0.05) is 24.3 Å². The zero-order valence-electron chi connectivity index (χ0n) is 35.0. The van der Waals surface area contributed by atoms with Crippen LogP contribution in [0.2, 0.25) is 0 Å². The molecule has 2 saturated heterocycles. The van der Waals surface area contributed by atoms with Crippen molar-refractivity contribution in [2.45, 2.75) is 38.3 Å². The van der Waals surface area contributed by atoms with Crippen LogP contribution in [-0.4, -0.2) is 101 Å². The summed E-state index contributed by atoms with van der Waals surface area (Å²) in [6.45, 7) is 10.4. The quantitative estimate of drug-likeness (QED) is 0.0669. The molecule has 2 heterocycles. The van der Waals surface area contributed by atoms with Crippen LogP contribution >= 0.6 is 0 Å². The Labute approximate surface area is 366 Å². The summed E-state index contributed by atoms with van der Waals surface area (Å²) >= 11 is 0. The van der Waals surface area contributed by atoms with E-state index in [0.29, 0.717) is 0 Å². The molecule has 0 unspecified atom stereocenters. The summed E-state index contributed by atoms with van der Waals surface area (Å²) < 4.78 is 66.6. The van der Waals surface area contributed by atoms with Crippen molar-refractivity contribution in [2.24, 2.45) is 0 Å². The molecule has 0 spiro atoms. The lowest BCUT2D eigenvalue weighted by Gasteiger charge is -2.18. The highest BCUT2D eigenvalue weighted by atomic mass is 16.7. The largest absolute Gasteiger partial charge is 0.493 e. The molecule has 0 amide bonds. The van der Waals surface area contributed by atoms with Crippen molar-refractivity contribution in [3.8, 4) is 46.0 Å². The van der Waals surface area contributed by atoms with Crippen LogP contribution in [0.15, 0.2) is 98.1 Å². The Morgan fingerprint density at radius 1 is 0.531 bits per heavy atom. The number of methoxy groups -OCH3 is 2. The second-order valence-corrected chi connectivity index (χ2v) is 13.4. The molecule has 2 fully saturated rings. The second kappa shape index (κ2) is 20.9. The maximum absolute atomic E-state index is 13.3. The minimum atomic E-state index is -0.869. The van der Waals surface area contributed by atoms with Gasteiger partial charge >= 0.3 is 35.8 Å². The van der Waals surface area contributed by atoms with Crippen molar-refractivity contribution in [3.63, 3.8) is 0 Å². The van der Waals surface area contributed by atoms with Crippen LogP contribution in [0, 0.1) is 0 Å². The van der Waals surface area contributed by atoms with Crippen molar-refractivity contribution in [1.29, 1.82) is 0 Å². The Bertz CT molecular complexity index is 2290. The summed E-state index contributed by atoms with van der Waals surface area (Å²) in [6.07, 6.45) is -1.28. The molecule has 18 nitrogen and oxygen atoms in total. The van der Waals surface area contributed by atoms with Crippen LogP contribution in [-0.2, 0) is 28.5 Å². The smallest absolute Gasteiger partial charge is 0.347 e. The van der Waals surface area contributed by atoms with Gasteiger partial charge in [0.2, 0.25) is 0 Å². The third kappa shape index (κ3) is 10.7. The SMILES string of the molecule is C=CC(=O)Oc1ccc(C(=O)Oc2ccc(C(=O)O[C@H]3CO[C@H]4[C@@H]3OC[C@H]4OC(=O)c3ccc(OC(=O)c4ccc(OC(=O)C=C)cc4OCC)c(OC)c3)cc2OC)c(OCC)c1.